The van der Waals surface area contributed by atoms with E-state index in [9.17, 15) is 9.59 Å². The first-order valence-corrected chi connectivity index (χ1v) is 7.96. The highest BCUT2D eigenvalue weighted by Crippen LogP contribution is 2.20. The molecule has 0 bridgehead atoms. The van der Waals surface area contributed by atoms with Gasteiger partial charge in [0.1, 0.15) is 5.56 Å². The quantitative estimate of drug-likeness (QED) is 0.691. The third-order valence-corrected chi connectivity index (χ3v) is 4.10. The smallest absolute Gasteiger partial charge is 0.344 e. The molecular formula is C20H19NO3. The van der Waals surface area contributed by atoms with Crippen LogP contribution in [0.3, 0.4) is 0 Å². The summed E-state index contributed by atoms with van der Waals surface area (Å²) >= 11 is 0. The first kappa shape index (κ1) is 16.0. The molecule has 1 heterocycles. The summed E-state index contributed by atoms with van der Waals surface area (Å²) in [5.41, 5.74) is 2.29. The van der Waals surface area contributed by atoms with Gasteiger partial charge in [0.15, 0.2) is 0 Å². The minimum absolute atomic E-state index is 0.117. The van der Waals surface area contributed by atoms with Gasteiger partial charge in [-0.3, -0.25) is 4.79 Å². The fourth-order valence-electron chi connectivity index (χ4n) is 2.93. The fourth-order valence-corrected chi connectivity index (χ4v) is 2.93. The number of ether oxygens (including phenoxy) is 1. The van der Waals surface area contributed by atoms with Crippen molar-refractivity contribution in [3.63, 3.8) is 0 Å². The molecule has 0 aliphatic heterocycles. The molecule has 4 heteroatoms. The molecule has 1 aromatic heterocycles. The monoisotopic (exact) mass is 321 g/mol. The SMILES string of the molecule is CCOC(=O)c1c(C)c2ccccc2n(Cc2ccccc2)c1=O. The predicted octanol–water partition coefficient (Wildman–Crippen LogP) is 3.53. The Morgan fingerprint density at radius 1 is 1.04 bits per heavy atom. The summed E-state index contributed by atoms with van der Waals surface area (Å²) in [4.78, 5) is 25.3. The van der Waals surface area contributed by atoms with E-state index in [0.717, 1.165) is 16.5 Å². The number of pyridine rings is 1. The minimum Gasteiger partial charge on any atom is -0.462 e. The molecule has 0 aliphatic rings. The molecule has 0 N–H and O–H groups in total. The first-order valence-electron chi connectivity index (χ1n) is 7.96. The summed E-state index contributed by atoms with van der Waals surface area (Å²) in [6.07, 6.45) is 0. The Bertz CT molecular complexity index is 942. The molecule has 0 saturated heterocycles. The second kappa shape index (κ2) is 6.71. The molecule has 0 atom stereocenters. The van der Waals surface area contributed by atoms with Crippen LogP contribution >= 0.6 is 0 Å². The number of esters is 1. The van der Waals surface area contributed by atoms with Crippen molar-refractivity contribution in [3.8, 4) is 0 Å². The van der Waals surface area contributed by atoms with Crippen LogP contribution in [0, 0.1) is 6.92 Å². The van der Waals surface area contributed by atoms with Crippen molar-refractivity contribution < 1.29 is 9.53 Å². The number of fused-ring (bicyclic) bond motifs is 1. The van der Waals surface area contributed by atoms with Crippen LogP contribution in [0.15, 0.2) is 59.4 Å². The van der Waals surface area contributed by atoms with E-state index in [1.165, 1.54) is 0 Å². The zero-order chi connectivity index (χ0) is 17.1. The zero-order valence-corrected chi connectivity index (χ0v) is 13.8. The molecule has 0 fully saturated rings. The van der Waals surface area contributed by atoms with Crippen LogP contribution in [0.1, 0.15) is 28.4 Å². The minimum atomic E-state index is -0.562. The second-order valence-electron chi connectivity index (χ2n) is 5.61. The number of hydrogen-bond acceptors (Lipinski definition) is 3. The van der Waals surface area contributed by atoms with Crippen molar-refractivity contribution in [2.75, 3.05) is 6.61 Å². The van der Waals surface area contributed by atoms with E-state index in [4.69, 9.17) is 4.74 Å². The van der Waals surface area contributed by atoms with Crippen LogP contribution < -0.4 is 5.56 Å². The van der Waals surface area contributed by atoms with Crippen LogP contribution in [-0.2, 0) is 11.3 Å². The highest BCUT2D eigenvalue weighted by atomic mass is 16.5. The average molecular weight is 321 g/mol. The molecule has 122 valence electrons. The maximum atomic E-state index is 13.0. The van der Waals surface area contributed by atoms with Gasteiger partial charge in [0.05, 0.1) is 18.7 Å². The van der Waals surface area contributed by atoms with Crippen LogP contribution in [0.2, 0.25) is 0 Å². The largest absolute Gasteiger partial charge is 0.462 e. The van der Waals surface area contributed by atoms with Gasteiger partial charge in [0, 0.05) is 5.39 Å². The summed E-state index contributed by atoms with van der Waals surface area (Å²) in [7, 11) is 0. The van der Waals surface area contributed by atoms with E-state index in [1.54, 1.807) is 18.4 Å². The lowest BCUT2D eigenvalue weighted by Crippen LogP contribution is -2.29. The molecule has 0 aliphatic carbocycles. The number of nitrogens with zero attached hydrogens (tertiary/aromatic N) is 1. The summed E-state index contributed by atoms with van der Waals surface area (Å²) in [5, 5.41) is 0.885. The number of carbonyl (C=O) groups excluding carboxylic acids is 1. The Labute approximate surface area is 140 Å². The second-order valence-corrected chi connectivity index (χ2v) is 5.61. The molecule has 3 rings (SSSR count). The van der Waals surface area contributed by atoms with Gasteiger partial charge < -0.3 is 9.30 Å². The Morgan fingerprint density at radius 3 is 2.42 bits per heavy atom. The van der Waals surface area contributed by atoms with Gasteiger partial charge in [-0.15, -0.1) is 0 Å². The van der Waals surface area contributed by atoms with Crippen LogP contribution in [0.5, 0.6) is 0 Å². The van der Waals surface area contributed by atoms with Crippen molar-refractivity contribution in [3.05, 3.63) is 81.6 Å². The van der Waals surface area contributed by atoms with Crippen LogP contribution in [0.4, 0.5) is 0 Å². The molecule has 0 amide bonds. The number of hydrogen-bond donors (Lipinski definition) is 0. The number of carbonyl (C=O) groups is 1. The summed E-state index contributed by atoms with van der Waals surface area (Å²) in [6.45, 7) is 4.18. The molecule has 24 heavy (non-hydrogen) atoms. The van der Waals surface area contributed by atoms with Crippen molar-refractivity contribution >= 4 is 16.9 Å². The maximum absolute atomic E-state index is 13.0. The average Bonchev–Trinajstić information content (AvgIpc) is 2.60. The van der Waals surface area contributed by atoms with Gasteiger partial charge in [0.2, 0.25) is 0 Å². The van der Waals surface area contributed by atoms with Crippen molar-refractivity contribution in [2.45, 2.75) is 20.4 Å². The maximum Gasteiger partial charge on any atom is 0.344 e. The Morgan fingerprint density at radius 2 is 1.71 bits per heavy atom. The van der Waals surface area contributed by atoms with E-state index in [-0.39, 0.29) is 17.7 Å². The zero-order valence-electron chi connectivity index (χ0n) is 13.8. The van der Waals surface area contributed by atoms with Crippen molar-refractivity contribution in [1.82, 2.24) is 4.57 Å². The van der Waals surface area contributed by atoms with E-state index in [1.807, 2.05) is 54.6 Å². The third-order valence-electron chi connectivity index (χ3n) is 4.10. The normalized spacial score (nSPS) is 10.8. The third kappa shape index (κ3) is 2.83. The lowest BCUT2D eigenvalue weighted by molar-refractivity contribution is 0.0523. The summed E-state index contributed by atoms with van der Waals surface area (Å²) in [5.74, 6) is -0.562. The van der Waals surface area contributed by atoms with Gasteiger partial charge in [-0.05, 0) is 31.0 Å². The van der Waals surface area contributed by atoms with Gasteiger partial charge in [-0.25, -0.2) is 4.79 Å². The van der Waals surface area contributed by atoms with E-state index < -0.39 is 5.97 Å². The number of rotatable bonds is 4. The molecule has 2 aromatic carbocycles. The first-order chi connectivity index (χ1) is 11.6. The van der Waals surface area contributed by atoms with Gasteiger partial charge in [-0.2, -0.15) is 0 Å². The van der Waals surface area contributed by atoms with Crippen LogP contribution in [-0.4, -0.2) is 17.1 Å². The fraction of sp³-hybridized carbons (Fsp3) is 0.200. The Kier molecular flexibility index (Phi) is 4.47. The Hall–Kier alpha value is -2.88. The predicted molar refractivity (Wildman–Crippen MR) is 94.4 cm³/mol. The van der Waals surface area contributed by atoms with E-state index in [0.29, 0.717) is 12.1 Å². The number of aromatic nitrogens is 1. The van der Waals surface area contributed by atoms with Crippen molar-refractivity contribution in [1.29, 1.82) is 0 Å². The summed E-state index contributed by atoms with van der Waals surface area (Å²) < 4.78 is 6.73. The number of benzene rings is 2. The molecular weight excluding hydrogens is 302 g/mol. The topological polar surface area (TPSA) is 48.3 Å². The highest BCUT2D eigenvalue weighted by molar-refractivity contribution is 5.97. The van der Waals surface area contributed by atoms with Crippen molar-refractivity contribution in [2.24, 2.45) is 0 Å². The Balaban J connectivity index is 2.27. The molecule has 0 radical (unpaired) electrons. The van der Waals surface area contributed by atoms with E-state index >= 15 is 0 Å². The number of para-hydroxylation sites is 1. The van der Waals surface area contributed by atoms with Gasteiger partial charge in [-0.1, -0.05) is 48.5 Å². The molecule has 0 spiro atoms. The molecule has 3 aromatic rings. The number of aryl methyl sites for hydroxylation is 1. The summed E-state index contributed by atoms with van der Waals surface area (Å²) in [6, 6.07) is 17.4. The standard InChI is InChI=1S/C20H19NO3/c1-3-24-20(23)18-14(2)16-11-7-8-12-17(16)21(19(18)22)13-15-9-5-4-6-10-15/h4-12H,3,13H2,1-2H3. The lowest BCUT2D eigenvalue weighted by atomic mass is 10.0. The molecule has 0 unspecified atom stereocenters. The molecule has 0 saturated carbocycles. The van der Waals surface area contributed by atoms with Crippen LogP contribution in [0.25, 0.3) is 10.9 Å². The van der Waals surface area contributed by atoms with Gasteiger partial charge >= 0.3 is 5.97 Å². The lowest BCUT2D eigenvalue weighted by Gasteiger charge is -2.15. The highest BCUT2D eigenvalue weighted by Gasteiger charge is 2.20. The van der Waals surface area contributed by atoms with E-state index in [2.05, 4.69) is 0 Å². The van der Waals surface area contributed by atoms with Gasteiger partial charge in [0.25, 0.3) is 5.56 Å². The molecule has 4 nitrogen and oxygen atoms in total.